The summed E-state index contributed by atoms with van der Waals surface area (Å²) in [6, 6.07) is 0. The van der Waals surface area contributed by atoms with Crippen molar-refractivity contribution < 1.29 is 31.9 Å². The van der Waals surface area contributed by atoms with E-state index in [9.17, 15) is 17.6 Å². The van der Waals surface area contributed by atoms with Gasteiger partial charge in [-0.2, -0.15) is 8.78 Å². The van der Waals surface area contributed by atoms with Crippen molar-refractivity contribution in [1.29, 1.82) is 0 Å². The van der Waals surface area contributed by atoms with Crippen LogP contribution in [-0.4, -0.2) is 39.5 Å². The second-order valence-corrected chi connectivity index (χ2v) is 5.32. The Labute approximate surface area is 132 Å². The molecule has 0 radical (unpaired) electrons. The zero-order chi connectivity index (χ0) is 16.8. The number of nitrogens with one attached hydrogen (secondary N) is 1. The maximum atomic E-state index is 14.0. The fourth-order valence-electron chi connectivity index (χ4n) is 2.31. The largest absolute Gasteiger partial charge is 0.487 e. The molecule has 0 unspecified atom stereocenters. The molecule has 1 aliphatic rings. The van der Waals surface area contributed by atoms with E-state index in [2.05, 4.69) is 0 Å². The molecule has 1 fully saturated rings. The van der Waals surface area contributed by atoms with Crippen LogP contribution in [0.25, 0.3) is 6.08 Å². The Hall–Kier alpha value is -1.60. The lowest BCUT2D eigenvalue weighted by Crippen LogP contribution is -3.13. The molecule has 1 aromatic rings. The van der Waals surface area contributed by atoms with Gasteiger partial charge in [-0.05, 0) is 18.6 Å². The first kappa shape index (κ1) is 17.7. The lowest BCUT2D eigenvalue weighted by Gasteiger charge is -2.22. The van der Waals surface area contributed by atoms with Crippen molar-refractivity contribution in [3.8, 4) is 5.75 Å². The molecule has 1 aromatic carbocycles. The van der Waals surface area contributed by atoms with Crippen LogP contribution >= 0.6 is 0 Å². The lowest BCUT2D eigenvalue weighted by atomic mass is 10.1. The van der Waals surface area contributed by atoms with E-state index in [0.29, 0.717) is 26.2 Å². The van der Waals surface area contributed by atoms with Gasteiger partial charge in [-0.15, -0.1) is 0 Å². The average molecular weight is 334 g/mol. The molecular formula is C16H20F4NO2+. The smallest absolute Gasteiger partial charge is 0.204 e. The van der Waals surface area contributed by atoms with Crippen LogP contribution < -0.4 is 9.64 Å². The standard InChI is InChI=1S/C16H19F4NO2/c1-2-8-23-16-14(19)12(17)11(13(18)15(16)20)4-3-5-21-6-9-22-10-7-21/h3-4H,2,5-10H2,1H3/p+1/b4-3+. The van der Waals surface area contributed by atoms with Crippen molar-refractivity contribution in [2.45, 2.75) is 13.3 Å². The van der Waals surface area contributed by atoms with Gasteiger partial charge in [-0.3, -0.25) is 0 Å². The Bertz CT molecular complexity index is 543. The molecule has 128 valence electrons. The van der Waals surface area contributed by atoms with Crippen LogP contribution in [-0.2, 0) is 4.74 Å². The third-order valence-electron chi connectivity index (χ3n) is 3.60. The number of rotatable bonds is 6. The number of quaternary nitrogens is 1. The molecule has 0 atom stereocenters. The number of benzene rings is 1. The number of morpholine rings is 1. The molecule has 0 aromatic heterocycles. The zero-order valence-corrected chi connectivity index (χ0v) is 12.9. The average Bonchev–Trinajstić information content (AvgIpc) is 2.57. The molecule has 0 aliphatic carbocycles. The van der Waals surface area contributed by atoms with Crippen LogP contribution in [0.5, 0.6) is 5.75 Å². The third kappa shape index (κ3) is 4.23. The highest BCUT2D eigenvalue weighted by Crippen LogP contribution is 2.30. The highest BCUT2D eigenvalue weighted by atomic mass is 19.2. The van der Waals surface area contributed by atoms with Gasteiger partial charge in [0.05, 0.1) is 31.9 Å². The molecule has 7 heteroatoms. The number of hydrogen-bond acceptors (Lipinski definition) is 2. The predicted molar refractivity (Wildman–Crippen MR) is 77.5 cm³/mol. The maximum absolute atomic E-state index is 14.0. The highest BCUT2D eigenvalue weighted by Gasteiger charge is 2.25. The first-order valence-corrected chi connectivity index (χ1v) is 7.62. The summed E-state index contributed by atoms with van der Waals surface area (Å²) in [5.41, 5.74) is -0.725. The Kier molecular flexibility index (Phi) is 6.41. The van der Waals surface area contributed by atoms with Gasteiger partial charge in [0, 0.05) is 0 Å². The minimum atomic E-state index is -1.50. The fourth-order valence-corrected chi connectivity index (χ4v) is 2.31. The van der Waals surface area contributed by atoms with Gasteiger partial charge in [0.15, 0.2) is 17.4 Å². The quantitative estimate of drug-likeness (QED) is 0.635. The first-order valence-electron chi connectivity index (χ1n) is 7.62. The summed E-state index contributed by atoms with van der Waals surface area (Å²) in [4.78, 5) is 1.18. The maximum Gasteiger partial charge on any atom is 0.204 e. The van der Waals surface area contributed by atoms with Crippen LogP contribution in [0.1, 0.15) is 18.9 Å². The molecule has 0 bridgehead atoms. The summed E-state index contributed by atoms with van der Waals surface area (Å²) in [5.74, 6) is -6.89. The Morgan fingerprint density at radius 1 is 1.04 bits per heavy atom. The molecular weight excluding hydrogens is 314 g/mol. The van der Waals surface area contributed by atoms with Crippen molar-refractivity contribution in [2.24, 2.45) is 0 Å². The Morgan fingerprint density at radius 2 is 1.65 bits per heavy atom. The van der Waals surface area contributed by atoms with E-state index in [1.807, 2.05) is 0 Å². The second-order valence-electron chi connectivity index (χ2n) is 5.32. The van der Waals surface area contributed by atoms with E-state index >= 15 is 0 Å². The Balaban J connectivity index is 2.18. The van der Waals surface area contributed by atoms with E-state index < -0.39 is 34.6 Å². The monoisotopic (exact) mass is 334 g/mol. The summed E-state index contributed by atoms with van der Waals surface area (Å²) < 4.78 is 65.6. The molecule has 1 heterocycles. The molecule has 2 rings (SSSR count). The normalized spacial score (nSPS) is 16.2. The highest BCUT2D eigenvalue weighted by molar-refractivity contribution is 5.53. The molecule has 0 amide bonds. The van der Waals surface area contributed by atoms with Crippen LogP contribution in [0.15, 0.2) is 6.08 Å². The van der Waals surface area contributed by atoms with Crippen molar-refractivity contribution in [1.82, 2.24) is 0 Å². The lowest BCUT2D eigenvalue weighted by molar-refractivity contribution is -0.902. The number of ether oxygens (including phenoxy) is 2. The molecule has 1 N–H and O–H groups in total. The van der Waals surface area contributed by atoms with Gasteiger partial charge in [0.2, 0.25) is 11.6 Å². The molecule has 0 spiro atoms. The van der Waals surface area contributed by atoms with Crippen molar-refractivity contribution >= 4 is 6.08 Å². The Morgan fingerprint density at radius 3 is 2.22 bits per heavy atom. The summed E-state index contributed by atoms with van der Waals surface area (Å²) in [6.45, 7) is 5.00. The van der Waals surface area contributed by atoms with Gasteiger partial charge >= 0.3 is 0 Å². The molecule has 1 saturated heterocycles. The van der Waals surface area contributed by atoms with Crippen molar-refractivity contribution in [2.75, 3.05) is 39.5 Å². The topological polar surface area (TPSA) is 22.9 Å². The summed E-state index contributed by atoms with van der Waals surface area (Å²) in [6.07, 6.45) is 3.04. The summed E-state index contributed by atoms with van der Waals surface area (Å²) in [5, 5.41) is 0. The summed E-state index contributed by atoms with van der Waals surface area (Å²) >= 11 is 0. The minimum Gasteiger partial charge on any atom is -0.487 e. The molecule has 3 nitrogen and oxygen atoms in total. The number of halogens is 4. The summed E-state index contributed by atoms with van der Waals surface area (Å²) in [7, 11) is 0. The second kappa shape index (κ2) is 8.31. The predicted octanol–water partition coefficient (Wildman–Crippen LogP) is 1.96. The minimum absolute atomic E-state index is 0.0255. The van der Waals surface area contributed by atoms with Crippen LogP contribution in [0.3, 0.4) is 0 Å². The van der Waals surface area contributed by atoms with Crippen molar-refractivity contribution in [3.63, 3.8) is 0 Å². The van der Waals surface area contributed by atoms with Crippen LogP contribution in [0.4, 0.5) is 17.6 Å². The van der Waals surface area contributed by atoms with Crippen LogP contribution in [0, 0.1) is 23.3 Å². The van der Waals surface area contributed by atoms with Gasteiger partial charge in [-0.25, -0.2) is 8.78 Å². The van der Waals surface area contributed by atoms with Crippen molar-refractivity contribution in [3.05, 3.63) is 34.9 Å². The van der Waals surface area contributed by atoms with Crippen LogP contribution in [0.2, 0.25) is 0 Å². The molecule has 1 aliphatic heterocycles. The van der Waals surface area contributed by atoms with Gasteiger partial charge in [0.25, 0.3) is 0 Å². The van der Waals surface area contributed by atoms with Gasteiger partial charge in [-0.1, -0.05) is 6.92 Å². The molecule has 0 saturated carbocycles. The van der Waals surface area contributed by atoms with E-state index in [4.69, 9.17) is 9.47 Å². The SMILES string of the molecule is CCCOc1c(F)c(F)c(/C=C/C[NH+]2CCOCC2)c(F)c1F. The van der Waals surface area contributed by atoms with Gasteiger partial charge < -0.3 is 14.4 Å². The van der Waals surface area contributed by atoms with E-state index in [-0.39, 0.29) is 6.61 Å². The van der Waals surface area contributed by atoms with E-state index in [1.165, 1.54) is 11.0 Å². The molecule has 23 heavy (non-hydrogen) atoms. The van der Waals surface area contributed by atoms with E-state index in [1.54, 1.807) is 6.92 Å². The zero-order valence-electron chi connectivity index (χ0n) is 12.9. The first-order chi connectivity index (χ1) is 11.1. The van der Waals surface area contributed by atoms with E-state index in [0.717, 1.165) is 19.2 Å². The fraction of sp³-hybridized carbons (Fsp3) is 0.500. The van der Waals surface area contributed by atoms with Gasteiger partial charge in [0.1, 0.15) is 13.1 Å². The number of hydrogen-bond donors (Lipinski definition) is 1. The third-order valence-corrected chi connectivity index (χ3v) is 3.60.